The zero-order valence-electron chi connectivity index (χ0n) is 12.5. The van der Waals surface area contributed by atoms with Crippen molar-refractivity contribution in [3.8, 4) is 5.75 Å². The number of carbonyl (C=O) groups excluding carboxylic acids is 1. The summed E-state index contributed by atoms with van der Waals surface area (Å²) in [7, 11) is 0. The third-order valence-corrected chi connectivity index (χ3v) is 3.68. The Morgan fingerprint density at radius 2 is 1.86 bits per heavy atom. The number of amides is 1. The van der Waals surface area contributed by atoms with Gasteiger partial charge in [-0.25, -0.2) is 0 Å². The first-order valence-corrected chi connectivity index (χ1v) is 7.39. The lowest BCUT2D eigenvalue weighted by Crippen LogP contribution is -2.46. The van der Waals surface area contributed by atoms with E-state index in [1.165, 1.54) is 5.56 Å². The first-order chi connectivity index (χ1) is 10.7. The van der Waals surface area contributed by atoms with E-state index in [0.717, 1.165) is 11.3 Å². The Kier molecular flexibility index (Phi) is 4.39. The van der Waals surface area contributed by atoms with Crippen LogP contribution >= 0.6 is 0 Å². The molecule has 1 fully saturated rings. The average molecular weight is 297 g/mol. The summed E-state index contributed by atoms with van der Waals surface area (Å²) < 4.78 is 11.8. The third kappa shape index (κ3) is 3.46. The number of aryl methyl sites for hydroxylation is 1. The molecule has 0 aromatic heterocycles. The van der Waals surface area contributed by atoms with Crippen LogP contribution in [0.5, 0.6) is 5.75 Å². The lowest BCUT2D eigenvalue weighted by atomic mass is 10.0. The molecule has 2 aromatic rings. The van der Waals surface area contributed by atoms with Gasteiger partial charge in [-0.05, 0) is 24.6 Å². The molecule has 1 N–H and O–H groups in total. The summed E-state index contributed by atoms with van der Waals surface area (Å²) in [5.74, 6) is 0.707. The lowest BCUT2D eigenvalue weighted by molar-refractivity contribution is -0.137. The Bertz CT molecular complexity index is 615. The van der Waals surface area contributed by atoms with Gasteiger partial charge >= 0.3 is 0 Å². The predicted molar refractivity (Wildman–Crippen MR) is 83.7 cm³/mol. The molecule has 22 heavy (non-hydrogen) atoms. The molecule has 1 aliphatic rings. The van der Waals surface area contributed by atoms with Gasteiger partial charge in [-0.15, -0.1) is 0 Å². The van der Waals surface area contributed by atoms with Crippen molar-refractivity contribution in [1.82, 2.24) is 5.32 Å². The fraction of sp³-hybridized carbons (Fsp3) is 0.278. The first-order valence-electron chi connectivity index (χ1n) is 7.39. The van der Waals surface area contributed by atoms with Crippen molar-refractivity contribution in [2.24, 2.45) is 0 Å². The standard InChI is InChI=1S/C18H19NO3/c1-13-7-9-15(10-8-13)22-18(14-5-3-2-4-6-14)16-11-19-17(20)12-21-16/h2-10,16,18H,11-12H2,1H3,(H,19,20). The van der Waals surface area contributed by atoms with Gasteiger partial charge in [0.25, 0.3) is 0 Å². The largest absolute Gasteiger partial charge is 0.483 e. The van der Waals surface area contributed by atoms with Crippen LogP contribution in [0.1, 0.15) is 17.2 Å². The van der Waals surface area contributed by atoms with E-state index < -0.39 is 0 Å². The van der Waals surface area contributed by atoms with E-state index >= 15 is 0 Å². The van der Waals surface area contributed by atoms with E-state index in [1.54, 1.807) is 0 Å². The molecule has 1 saturated heterocycles. The van der Waals surface area contributed by atoms with Crippen LogP contribution in [0.15, 0.2) is 54.6 Å². The predicted octanol–water partition coefficient (Wildman–Crippen LogP) is 2.63. The van der Waals surface area contributed by atoms with Gasteiger partial charge in [0.15, 0.2) is 6.10 Å². The third-order valence-electron chi connectivity index (χ3n) is 3.68. The average Bonchev–Trinajstić information content (AvgIpc) is 2.56. The second-order valence-electron chi connectivity index (χ2n) is 5.42. The summed E-state index contributed by atoms with van der Waals surface area (Å²) >= 11 is 0. The smallest absolute Gasteiger partial charge is 0.246 e. The van der Waals surface area contributed by atoms with Gasteiger partial charge in [0.1, 0.15) is 18.5 Å². The number of rotatable bonds is 4. The minimum Gasteiger partial charge on any atom is -0.483 e. The van der Waals surface area contributed by atoms with E-state index in [4.69, 9.17) is 9.47 Å². The molecule has 1 aliphatic heterocycles. The van der Waals surface area contributed by atoms with Crippen molar-refractivity contribution < 1.29 is 14.3 Å². The van der Waals surface area contributed by atoms with Crippen LogP contribution < -0.4 is 10.1 Å². The highest BCUT2D eigenvalue weighted by Gasteiger charge is 2.30. The molecule has 0 spiro atoms. The van der Waals surface area contributed by atoms with Crippen molar-refractivity contribution in [3.05, 3.63) is 65.7 Å². The molecule has 4 nitrogen and oxygen atoms in total. The molecule has 1 heterocycles. The SMILES string of the molecule is Cc1ccc(OC(c2ccccc2)C2CNC(=O)CO2)cc1. The first kappa shape index (κ1) is 14.6. The van der Waals surface area contributed by atoms with Gasteiger partial charge in [-0.1, -0.05) is 48.0 Å². The number of ether oxygens (including phenoxy) is 2. The van der Waals surface area contributed by atoms with Crippen molar-refractivity contribution in [1.29, 1.82) is 0 Å². The summed E-state index contributed by atoms with van der Waals surface area (Å²) in [5, 5.41) is 2.83. The van der Waals surface area contributed by atoms with Crippen LogP contribution in [-0.4, -0.2) is 25.2 Å². The highest BCUT2D eigenvalue weighted by molar-refractivity contribution is 5.77. The summed E-state index contributed by atoms with van der Waals surface area (Å²) in [5.41, 5.74) is 2.22. The van der Waals surface area contributed by atoms with Crippen LogP contribution in [0.25, 0.3) is 0 Å². The Hall–Kier alpha value is -2.33. The number of hydrogen-bond donors (Lipinski definition) is 1. The van der Waals surface area contributed by atoms with E-state index in [1.807, 2.05) is 61.5 Å². The van der Waals surface area contributed by atoms with Gasteiger partial charge in [0.05, 0.1) is 0 Å². The highest BCUT2D eigenvalue weighted by Crippen LogP contribution is 2.27. The summed E-state index contributed by atoms with van der Waals surface area (Å²) in [6, 6.07) is 17.9. The molecule has 0 aliphatic carbocycles. The molecule has 114 valence electrons. The molecule has 0 radical (unpaired) electrons. The molecular weight excluding hydrogens is 278 g/mol. The maximum Gasteiger partial charge on any atom is 0.246 e. The zero-order valence-corrected chi connectivity index (χ0v) is 12.5. The quantitative estimate of drug-likeness (QED) is 0.943. The minimum atomic E-state index is -0.260. The van der Waals surface area contributed by atoms with Crippen LogP contribution in [0, 0.1) is 6.92 Å². The Morgan fingerprint density at radius 3 is 2.50 bits per heavy atom. The van der Waals surface area contributed by atoms with Crippen molar-refractivity contribution in [2.45, 2.75) is 19.1 Å². The molecule has 2 atom stereocenters. The topological polar surface area (TPSA) is 47.6 Å². The lowest BCUT2D eigenvalue weighted by Gasteiger charge is -2.31. The fourth-order valence-electron chi connectivity index (χ4n) is 2.47. The molecular formula is C18H19NO3. The summed E-state index contributed by atoms with van der Waals surface area (Å²) in [6.07, 6.45) is -0.467. The van der Waals surface area contributed by atoms with Crippen LogP contribution in [0.4, 0.5) is 0 Å². The maximum absolute atomic E-state index is 11.3. The van der Waals surface area contributed by atoms with Crippen LogP contribution in [0.3, 0.4) is 0 Å². The van der Waals surface area contributed by atoms with Gasteiger partial charge in [-0.3, -0.25) is 4.79 Å². The van der Waals surface area contributed by atoms with Crippen LogP contribution in [0.2, 0.25) is 0 Å². The van der Waals surface area contributed by atoms with Gasteiger partial charge in [0.2, 0.25) is 5.91 Å². The van der Waals surface area contributed by atoms with Crippen LogP contribution in [-0.2, 0) is 9.53 Å². The maximum atomic E-state index is 11.3. The van der Waals surface area contributed by atoms with E-state index in [9.17, 15) is 4.79 Å². The van der Waals surface area contributed by atoms with E-state index in [-0.39, 0.29) is 24.7 Å². The van der Waals surface area contributed by atoms with E-state index in [2.05, 4.69) is 5.32 Å². The summed E-state index contributed by atoms with van der Waals surface area (Å²) in [6.45, 7) is 2.56. The minimum absolute atomic E-state index is 0.0747. The second kappa shape index (κ2) is 6.62. The number of morpholine rings is 1. The molecule has 0 bridgehead atoms. The summed E-state index contributed by atoms with van der Waals surface area (Å²) in [4.78, 5) is 11.3. The number of nitrogens with one attached hydrogen (secondary N) is 1. The molecule has 2 unspecified atom stereocenters. The van der Waals surface area contributed by atoms with Crippen molar-refractivity contribution in [2.75, 3.05) is 13.2 Å². The highest BCUT2D eigenvalue weighted by atomic mass is 16.5. The van der Waals surface area contributed by atoms with E-state index in [0.29, 0.717) is 6.54 Å². The Morgan fingerprint density at radius 1 is 1.14 bits per heavy atom. The Labute approximate surface area is 130 Å². The molecule has 1 amide bonds. The van der Waals surface area contributed by atoms with Crippen molar-refractivity contribution in [3.63, 3.8) is 0 Å². The monoisotopic (exact) mass is 297 g/mol. The fourth-order valence-corrected chi connectivity index (χ4v) is 2.47. The number of carbonyl (C=O) groups is 1. The zero-order chi connectivity index (χ0) is 15.4. The normalized spacial score (nSPS) is 19.3. The Balaban J connectivity index is 1.82. The second-order valence-corrected chi connectivity index (χ2v) is 5.42. The number of hydrogen-bond acceptors (Lipinski definition) is 3. The number of benzene rings is 2. The van der Waals surface area contributed by atoms with Crippen molar-refractivity contribution >= 4 is 5.91 Å². The molecule has 2 aromatic carbocycles. The molecule has 4 heteroatoms. The molecule has 0 saturated carbocycles. The molecule has 3 rings (SSSR count). The van der Waals surface area contributed by atoms with Gasteiger partial charge in [-0.2, -0.15) is 0 Å². The van der Waals surface area contributed by atoms with Gasteiger partial charge < -0.3 is 14.8 Å². The van der Waals surface area contributed by atoms with Gasteiger partial charge in [0, 0.05) is 6.54 Å².